The number of fused-ring (bicyclic) bond motifs is 3. The van der Waals surface area contributed by atoms with Crippen LogP contribution in [0.4, 0.5) is 5.82 Å². The number of hydrogen-bond acceptors (Lipinski definition) is 5. The molecule has 0 saturated carbocycles. The number of anilines is 1. The summed E-state index contributed by atoms with van der Waals surface area (Å²) < 4.78 is 6.45. The molecule has 2 aromatic heterocycles. The van der Waals surface area contributed by atoms with Crippen LogP contribution in [0.15, 0.2) is 29.1 Å². The summed E-state index contributed by atoms with van der Waals surface area (Å²) in [6, 6.07) is 7.18. The van der Waals surface area contributed by atoms with Gasteiger partial charge in [-0.15, -0.1) is 5.10 Å². The fourth-order valence-electron chi connectivity index (χ4n) is 3.11. The first-order chi connectivity index (χ1) is 12.1. The number of nitrogens with zero attached hydrogens (tertiary/aromatic N) is 3. The minimum absolute atomic E-state index is 0.130. The minimum atomic E-state index is -0.458. The average molecular weight is 360 g/mol. The Labute approximate surface area is 146 Å². The molecule has 0 bridgehead atoms. The molecule has 9 heteroatoms. The molecule has 1 amide bonds. The number of ether oxygens (including phenoxy) is 1. The predicted molar refractivity (Wildman–Crippen MR) is 90.9 cm³/mol. The first kappa shape index (κ1) is 15.8. The van der Waals surface area contributed by atoms with E-state index in [4.69, 9.17) is 16.3 Å². The minimum Gasteiger partial charge on any atom is -0.377 e. The topological polar surface area (TPSA) is 101 Å². The summed E-state index contributed by atoms with van der Waals surface area (Å²) in [6.07, 6.45) is 0.130. The number of nitrogens with one attached hydrogen (secondary N) is 2. The molecule has 128 valence electrons. The van der Waals surface area contributed by atoms with Crippen molar-refractivity contribution in [1.29, 1.82) is 0 Å². The molecule has 0 aliphatic carbocycles. The van der Waals surface area contributed by atoms with E-state index in [1.54, 1.807) is 12.1 Å². The number of halogens is 1. The van der Waals surface area contributed by atoms with Gasteiger partial charge in [0.25, 0.3) is 5.56 Å². The molecule has 1 aromatic carbocycles. The Hall–Kier alpha value is -2.71. The lowest BCUT2D eigenvalue weighted by atomic mass is 9.87. The number of carbonyl (C=O) groups is 1. The van der Waals surface area contributed by atoms with Crippen LogP contribution in [-0.2, 0) is 16.1 Å². The van der Waals surface area contributed by atoms with E-state index in [1.165, 1.54) is 11.6 Å². The van der Waals surface area contributed by atoms with E-state index in [-0.39, 0.29) is 30.3 Å². The van der Waals surface area contributed by atoms with Gasteiger partial charge < -0.3 is 10.1 Å². The Morgan fingerprint density at radius 2 is 2.16 bits per heavy atom. The molecule has 0 spiro atoms. The molecule has 4 rings (SSSR count). The fourth-order valence-corrected chi connectivity index (χ4v) is 3.38. The molecule has 0 unspecified atom stereocenters. The van der Waals surface area contributed by atoms with Crippen molar-refractivity contribution < 1.29 is 9.53 Å². The lowest BCUT2D eigenvalue weighted by Gasteiger charge is -2.25. The maximum absolute atomic E-state index is 12.7. The summed E-state index contributed by atoms with van der Waals surface area (Å²) in [7, 11) is 1.53. The van der Waals surface area contributed by atoms with Gasteiger partial charge in [0, 0.05) is 24.5 Å². The van der Waals surface area contributed by atoms with Crippen LogP contribution in [-0.4, -0.2) is 32.6 Å². The van der Waals surface area contributed by atoms with Crippen LogP contribution < -0.4 is 10.9 Å². The fraction of sp³-hybridized carbons (Fsp3) is 0.250. The van der Waals surface area contributed by atoms with Crippen LogP contribution in [0.25, 0.3) is 5.78 Å². The number of aromatic amines is 1. The first-order valence-electron chi connectivity index (χ1n) is 7.63. The van der Waals surface area contributed by atoms with Crippen molar-refractivity contribution in [1.82, 2.24) is 19.6 Å². The van der Waals surface area contributed by atoms with Crippen molar-refractivity contribution in [2.24, 2.45) is 0 Å². The quantitative estimate of drug-likeness (QED) is 0.741. The van der Waals surface area contributed by atoms with Crippen molar-refractivity contribution in [3.05, 3.63) is 56.6 Å². The van der Waals surface area contributed by atoms with Gasteiger partial charge in [-0.05, 0) is 11.6 Å². The van der Waals surface area contributed by atoms with Gasteiger partial charge in [-0.25, -0.2) is 0 Å². The Bertz CT molecular complexity index is 1040. The highest BCUT2D eigenvalue weighted by molar-refractivity contribution is 6.31. The van der Waals surface area contributed by atoms with Gasteiger partial charge >= 0.3 is 0 Å². The first-order valence-corrected chi connectivity index (χ1v) is 8.01. The van der Waals surface area contributed by atoms with Gasteiger partial charge in [-0.1, -0.05) is 29.8 Å². The van der Waals surface area contributed by atoms with Gasteiger partial charge in [0.1, 0.15) is 12.4 Å². The van der Waals surface area contributed by atoms with E-state index in [0.29, 0.717) is 22.2 Å². The smallest absolute Gasteiger partial charge is 0.258 e. The van der Waals surface area contributed by atoms with E-state index in [0.717, 1.165) is 5.56 Å². The van der Waals surface area contributed by atoms with Gasteiger partial charge in [0.2, 0.25) is 11.7 Å². The number of amides is 1. The number of hydrogen-bond donors (Lipinski definition) is 2. The van der Waals surface area contributed by atoms with Gasteiger partial charge in [-0.2, -0.15) is 9.50 Å². The summed E-state index contributed by atoms with van der Waals surface area (Å²) in [6.45, 7) is 0.195. The molecular formula is C16H14ClN5O3. The van der Waals surface area contributed by atoms with Crippen LogP contribution >= 0.6 is 11.6 Å². The highest BCUT2D eigenvalue weighted by Crippen LogP contribution is 2.37. The number of benzene rings is 1. The van der Waals surface area contributed by atoms with E-state index < -0.39 is 5.92 Å². The van der Waals surface area contributed by atoms with Crippen molar-refractivity contribution in [3.63, 3.8) is 0 Å². The molecule has 0 fully saturated rings. The zero-order valence-corrected chi connectivity index (χ0v) is 14.0. The predicted octanol–water partition coefficient (Wildman–Crippen LogP) is 1.69. The number of rotatable bonds is 3. The van der Waals surface area contributed by atoms with E-state index in [1.807, 2.05) is 12.1 Å². The number of methoxy groups -OCH3 is 1. The van der Waals surface area contributed by atoms with Crippen molar-refractivity contribution in [2.75, 3.05) is 12.4 Å². The maximum Gasteiger partial charge on any atom is 0.258 e. The number of carbonyl (C=O) groups excluding carboxylic acids is 1. The Morgan fingerprint density at radius 3 is 2.92 bits per heavy atom. The molecular weight excluding hydrogens is 346 g/mol. The summed E-state index contributed by atoms with van der Waals surface area (Å²) in [4.78, 5) is 31.9. The third kappa shape index (κ3) is 2.59. The molecule has 8 nitrogen and oxygen atoms in total. The summed E-state index contributed by atoms with van der Waals surface area (Å²) in [5, 5.41) is 7.55. The lowest BCUT2D eigenvalue weighted by molar-refractivity contribution is -0.116. The maximum atomic E-state index is 12.7. The SMILES string of the molecule is COCc1nc2[nH]c(=O)c3c(n2n1)NC(=O)C[C@H]3c1ccccc1Cl. The molecule has 0 saturated heterocycles. The summed E-state index contributed by atoms with van der Waals surface area (Å²) in [5.74, 6) is 0.292. The Balaban J connectivity index is 1.97. The van der Waals surface area contributed by atoms with Crippen molar-refractivity contribution in [2.45, 2.75) is 18.9 Å². The molecule has 1 aliphatic rings. The van der Waals surface area contributed by atoms with Gasteiger partial charge in [0.15, 0.2) is 5.82 Å². The molecule has 2 N–H and O–H groups in total. The van der Waals surface area contributed by atoms with E-state index >= 15 is 0 Å². The van der Waals surface area contributed by atoms with Gasteiger partial charge in [-0.3, -0.25) is 14.6 Å². The molecule has 25 heavy (non-hydrogen) atoms. The highest BCUT2D eigenvalue weighted by atomic mass is 35.5. The van der Waals surface area contributed by atoms with Crippen LogP contribution in [0.5, 0.6) is 0 Å². The third-order valence-electron chi connectivity index (χ3n) is 4.14. The van der Waals surface area contributed by atoms with Crippen molar-refractivity contribution in [3.8, 4) is 0 Å². The second-order valence-electron chi connectivity index (χ2n) is 5.74. The van der Waals surface area contributed by atoms with Crippen LogP contribution in [0.1, 0.15) is 29.3 Å². The Kier molecular flexibility index (Phi) is 3.78. The van der Waals surface area contributed by atoms with E-state index in [2.05, 4.69) is 20.4 Å². The van der Waals surface area contributed by atoms with Crippen LogP contribution in [0.2, 0.25) is 5.02 Å². The zero-order valence-electron chi connectivity index (χ0n) is 13.2. The second-order valence-corrected chi connectivity index (χ2v) is 6.15. The van der Waals surface area contributed by atoms with Crippen molar-refractivity contribution >= 4 is 29.1 Å². The summed E-state index contributed by atoms with van der Waals surface area (Å²) in [5.41, 5.74) is 0.806. The number of H-pyrrole nitrogens is 1. The molecule has 3 heterocycles. The Morgan fingerprint density at radius 1 is 1.36 bits per heavy atom. The highest BCUT2D eigenvalue weighted by Gasteiger charge is 2.33. The lowest BCUT2D eigenvalue weighted by Crippen LogP contribution is -2.32. The molecule has 1 aliphatic heterocycles. The monoisotopic (exact) mass is 359 g/mol. The average Bonchev–Trinajstić information content (AvgIpc) is 2.97. The third-order valence-corrected chi connectivity index (χ3v) is 4.48. The second kappa shape index (κ2) is 5.98. The normalized spacial score (nSPS) is 16.7. The largest absolute Gasteiger partial charge is 0.377 e. The molecule has 3 aromatic rings. The standard InChI is InChI=1S/C16H14ClN5O3/c1-25-7-11-18-16-20-15(24)13-9(8-4-2-3-5-10(8)17)6-12(23)19-14(13)22(16)21-11/h2-5,9H,6-7H2,1H3,(H,19,23)(H,18,20,21,24)/t9-/m0/s1. The molecule has 0 radical (unpaired) electrons. The van der Waals surface area contributed by atoms with Crippen LogP contribution in [0, 0.1) is 0 Å². The zero-order chi connectivity index (χ0) is 17.6. The molecule has 1 atom stereocenters. The van der Waals surface area contributed by atoms with E-state index in [9.17, 15) is 9.59 Å². The van der Waals surface area contributed by atoms with Crippen LogP contribution in [0.3, 0.4) is 0 Å². The summed E-state index contributed by atoms with van der Waals surface area (Å²) >= 11 is 6.29. The number of aromatic nitrogens is 4. The van der Waals surface area contributed by atoms with Gasteiger partial charge in [0.05, 0.1) is 5.56 Å².